The molecule has 1 aliphatic heterocycles. The number of ether oxygens (including phenoxy) is 1. The molecule has 4 nitrogen and oxygen atoms in total. The third-order valence-electron chi connectivity index (χ3n) is 3.54. The lowest BCUT2D eigenvalue weighted by Gasteiger charge is -2.15. The molecule has 0 saturated carbocycles. The fraction of sp³-hybridized carbons (Fsp3) is 0.500. The second-order valence-electron chi connectivity index (χ2n) is 4.90. The van der Waals surface area contributed by atoms with Gasteiger partial charge in [0.15, 0.2) is 5.78 Å². The number of hydrogen-bond acceptors (Lipinski definition) is 4. The van der Waals surface area contributed by atoms with Gasteiger partial charge in [0.2, 0.25) is 0 Å². The Labute approximate surface area is 118 Å². The zero-order chi connectivity index (χ0) is 13.8. The molecule has 0 aliphatic carbocycles. The summed E-state index contributed by atoms with van der Waals surface area (Å²) in [5.41, 5.74) is 6.27. The normalized spacial score (nSPS) is 19.6. The lowest BCUT2D eigenvalue weighted by molar-refractivity contribution is 0.0943. The van der Waals surface area contributed by atoms with Crippen LogP contribution in [0, 0.1) is 5.92 Å². The monoisotopic (exact) mass is 282 g/mol. The second-order valence-corrected chi connectivity index (χ2v) is 5.31. The summed E-state index contributed by atoms with van der Waals surface area (Å²) >= 11 is 6.03. The molecule has 1 aromatic carbocycles. The number of nitrogens with zero attached hydrogens (tertiary/aromatic N) is 1. The summed E-state index contributed by atoms with van der Waals surface area (Å²) in [6, 6.07) is 5.14. The van der Waals surface area contributed by atoms with Crippen LogP contribution in [0.5, 0.6) is 5.75 Å². The van der Waals surface area contributed by atoms with Crippen molar-refractivity contribution in [3.63, 3.8) is 0 Å². The molecule has 1 heterocycles. The van der Waals surface area contributed by atoms with E-state index < -0.39 is 0 Å². The molecule has 1 saturated heterocycles. The van der Waals surface area contributed by atoms with Crippen LogP contribution in [0.15, 0.2) is 18.2 Å². The average Bonchev–Trinajstić information content (AvgIpc) is 2.86. The van der Waals surface area contributed by atoms with Crippen molar-refractivity contribution >= 4 is 17.4 Å². The van der Waals surface area contributed by atoms with Crippen molar-refractivity contribution in [2.24, 2.45) is 11.7 Å². The summed E-state index contributed by atoms with van der Waals surface area (Å²) in [6.45, 7) is 2.97. The molecule has 0 amide bonds. The average molecular weight is 283 g/mol. The van der Waals surface area contributed by atoms with Gasteiger partial charge in [0.05, 0.1) is 18.7 Å². The minimum atomic E-state index is 0.0854. The van der Waals surface area contributed by atoms with Crippen molar-refractivity contribution in [1.82, 2.24) is 4.90 Å². The quantitative estimate of drug-likeness (QED) is 0.837. The van der Waals surface area contributed by atoms with Crippen LogP contribution in [-0.4, -0.2) is 44.0 Å². The minimum absolute atomic E-state index is 0.0854. The van der Waals surface area contributed by atoms with Gasteiger partial charge in [-0.05, 0) is 43.6 Å². The van der Waals surface area contributed by atoms with Crippen molar-refractivity contribution in [3.05, 3.63) is 28.8 Å². The number of Topliss-reactive ketones (excluding diaryl/α,β-unsaturated/α-hetero) is 1. The van der Waals surface area contributed by atoms with Gasteiger partial charge in [-0.25, -0.2) is 0 Å². The number of ketones is 1. The predicted octanol–water partition coefficient (Wildman–Crippen LogP) is 1.81. The highest BCUT2D eigenvalue weighted by atomic mass is 35.5. The molecular weight excluding hydrogens is 264 g/mol. The standard InChI is InChI=1S/C14H19ClN2O2/c1-19-14-3-2-11(6-12(14)15)13(18)9-17-5-4-10(7-16)8-17/h2-3,6,10H,4-5,7-9,16H2,1H3. The zero-order valence-corrected chi connectivity index (χ0v) is 11.8. The molecule has 1 atom stereocenters. The first-order valence-electron chi connectivity index (χ1n) is 6.43. The highest BCUT2D eigenvalue weighted by Crippen LogP contribution is 2.25. The molecule has 0 bridgehead atoms. The van der Waals surface area contributed by atoms with Crippen LogP contribution in [-0.2, 0) is 0 Å². The number of methoxy groups -OCH3 is 1. The summed E-state index contributed by atoms with van der Waals surface area (Å²) < 4.78 is 5.07. The fourth-order valence-corrected chi connectivity index (χ4v) is 2.64. The fourth-order valence-electron chi connectivity index (χ4n) is 2.38. The van der Waals surface area contributed by atoms with E-state index in [1.165, 1.54) is 0 Å². The number of likely N-dealkylation sites (tertiary alicyclic amines) is 1. The predicted molar refractivity (Wildman–Crippen MR) is 75.9 cm³/mol. The molecular formula is C14H19ClN2O2. The van der Waals surface area contributed by atoms with Crippen LogP contribution in [0.2, 0.25) is 5.02 Å². The van der Waals surface area contributed by atoms with E-state index in [0.717, 1.165) is 19.5 Å². The maximum absolute atomic E-state index is 12.2. The molecule has 1 fully saturated rings. The lowest BCUT2D eigenvalue weighted by Crippen LogP contribution is -2.29. The summed E-state index contributed by atoms with van der Waals surface area (Å²) in [5.74, 6) is 1.19. The van der Waals surface area contributed by atoms with Crippen LogP contribution in [0.3, 0.4) is 0 Å². The van der Waals surface area contributed by atoms with E-state index in [0.29, 0.717) is 35.3 Å². The van der Waals surface area contributed by atoms with Crippen LogP contribution >= 0.6 is 11.6 Å². The van der Waals surface area contributed by atoms with Gasteiger partial charge in [-0.2, -0.15) is 0 Å². The Morgan fingerprint density at radius 3 is 2.95 bits per heavy atom. The summed E-state index contributed by atoms with van der Waals surface area (Å²) in [6.07, 6.45) is 1.08. The van der Waals surface area contributed by atoms with Crippen LogP contribution < -0.4 is 10.5 Å². The van der Waals surface area contributed by atoms with E-state index in [-0.39, 0.29) is 5.78 Å². The third-order valence-corrected chi connectivity index (χ3v) is 3.84. The number of hydrogen-bond donors (Lipinski definition) is 1. The Morgan fingerprint density at radius 1 is 1.58 bits per heavy atom. The summed E-state index contributed by atoms with van der Waals surface area (Å²) in [7, 11) is 1.56. The van der Waals surface area contributed by atoms with E-state index >= 15 is 0 Å². The van der Waals surface area contributed by atoms with Crippen molar-refractivity contribution in [2.45, 2.75) is 6.42 Å². The van der Waals surface area contributed by atoms with Gasteiger partial charge in [0, 0.05) is 12.1 Å². The number of benzene rings is 1. The van der Waals surface area contributed by atoms with Gasteiger partial charge in [-0.15, -0.1) is 0 Å². The number of rotatable bonds is 5. The largest absolute Gasteiger partial charge is 0.495 e. The van der Waals surface area contributed by atoms with E-state index in [2.05, 4.69) is 4.90 Å². The maximum atomic E-state index is 12.2. The first-order valence-corrected chi connectivity index (χ1v) is 6.81. The highest BCUT2D eigenvalue weighted by molar-refractivity contribution is 6.32. The first-order chi connectivity index (χ1) is 9.13. The maximum Gasteiger partial charge on any atom is 0.176 e. The second kappa shape index (κ2) is 6.37. The Bertz CT molecular complexity index is 465. The van der Waals surface area contributed by atoms with Gasteiger partial charge in [0.1, 0.15) is 5.75 Å². The molecule has 19 heavy (non-hydrogen) atoms. The van der Waals surface area contributed by atoms with Crippen molar-refractivity contribution in [1.29, 1.82) is 0 Å². The molecule has 104 valence electrons. The zero-order valence-electron chi connectivity index (χ0n) is 11.1. The smallest absolute Gasteiger partial charge is 0.176 e. The molecule has 2 N–H and O–H groups in total. The molecule has 0 spiro atoms. The minimum Gasteiger partial charge on any atom is -0.495 e. The van der Waals surface area contributed by atoms with E-state index in [1.807, 2.05) is 0 Å². The van der Waals surface area contributed by atoms with E-state index in [1.54, 1.807) is 25.3 Å². The third kappa shape index (κ3) is 3.47. The highest BCUT2D eigenvalue weighted by Gasteiger charge is 2.23. The SMILES string of the molecule is COc1ccc(C(=O)CN2CCC(CN)C2)cc1Cl. The van der Waals surface area contributed by atoms with Crippen LogP contribution in [0.4, 0.5) is 0 Å². The Kier molecular flexibility index (Phi) is 4.80. The van der Waals surface area contributed by atoms with Crippen molar-refractivity contribution in [3.8, 4) is 5.75 Å². The summed E-state index contributed by atoms with van der Waals surface area (Å²) in [5, 5.41) is 0.467. The molecule has 0 radical (unpaired) electrons. The van der Waals surface area contributed by atoms with Gasteiger partial charge in [-0.1, -0.05) is 11.6 Å². The van der Waals surface area contributed by atoms with Crippen LogP contribution in [0.1, 0.15) is 16.8 Å². The Balaban J connectivity index is 1.98. The van der Waals surface area contributed by atoms with Crippen molar-refractivity contribution < 1.29 is 9.53 Å². The van der Waals surface area contributed by atoms with Crippen molar-refractivity contribution in [2.75, 3.05) is 33.3 Å². The van der Waals surface area contributed by atoms with Gasteiger partial charge in [-0.3, -0.25) is 9.69 Å². The van der Waals surface area contributed by atoms with Gasteiger partial charge >= 0.3 is 0 Å². The number of halogens is 1. The lowest BCUT2D eigenvalue weighted by atomic mass is 10.1. The number of carbonyl (C=O) groups is 1. The summed E-state index contributed by atoms with van der Waals surface area (Å²) in [4.78, 5) is 14.3. The van der Waals surface area contributed by atoms with E-state index in [4.69, 9.17) is 22.1 Å². The number of carbonyl (C=O) groups excluding carboxylic acids is 1. The van der Waals surface area contributed by atoms with Crippen LogP contribution in [0.25, 0.3) is 0 Å². The molecule has 2 rings (SSSR count). The van der Waals surface area contributed by atoms with E-state index in [9.17, 15) is 4.79 Å². The Hall–Kier alpha value is -1.10. The van der Waals surface area contributed by atoms with Gasteiger partial charge < -0.3 is 10.5 Å². The van der Waals surface area contributed by atoms with Gasteiger partial charge in [0.25, 0.3) is 0 Å². The topological polar surface area (TPSA) is 55.6 Å². The Morgan fingerprint density at radius 2 is 2.37 bits per heavy atom. The molecule has 0 aromatic heterocycles. The first kappa shape index (κ1) is 14.3. The number of nitrogens with two attached hydrogens (primary N) is 1. The molecule has 1 aromatic rings. The molecule has 1 aliphatic rings. The molecule has 5 heteroatoms. The molecule has 1 unspecified atom stereocenters.